The Morgan fingerprint density at radius 3 is 2.25 bits per heavy atom. The summed E-state index contributed by atoms with van der Waals surface area (Å²) in [5.74, 6) is -0.341. The molecule has 0 aromatic rings. The van der Waals surface area contributed by atoms with Crippen LogP contribution in [0.15, 0.2) is 12.7 Å². The van der Waals surface area contributed by atoms with E-state index in [1.54, 1.807) is 0 Å². The molecule has 0 bridgehead atoms. The molecule has 0 amide bonds. The smallest absolute Gasteiger partial charge is 0.330 e. The van der Waals surface area contributed by atoms with E-state index in [9.17, 15) is 4.79 Å². The van der Waals surface area contributed by atoms with Crippen molar-refractivity contribution in [2.24, 2.45) is 5.73 Å². The maximum Gasteiger partial charge on any atom is 0.330 e. The molecule has 0 aliphatic heterocycles. The van der Waals surface area contributed by atoms with Gasteiger partial charge in [-0.2, -0.15) is 0 Å². The van der Waals surface area contributed by atoms with Gasteiger partial charge in [0.1, 0.15) is 0 Å². The van der Waals surface area contributed by atoms with Crippen LogP contribution in [-0.4, -0.2) is 19.1 Å². The molecule has 0 aliphatic rings. The fourth-order valence-electron chi connectivity index (χ4n) is 0.262. The fourth-order valence-corrected chi connectivity index (χ4v) is 0.262. The fraction of sp³-hybridized carbons (Fsp3) is 0.667. The van der Waals surface area contributed by atoms with E-state index < -0.39 is 0 Å². The second-order valence-electron chi connectivity index (χ2n) is 2.16. The minimum absolute atomic E-state index is 0.341. The molecule has 0 aromatic heterocycles. The Kier molecular flexibility index (Phi) is 14.7. The zero-order chi connectivity index (χ0) is 9.82. The topological polar surface area (TPSA) is 52.3 Å². The summed E-state index contributed by atoms with van der Waals surface area (Å²) in [6, 6.07) is 0. The van der Waals surface area contributed by atoms with Gasteiger partial charge in [-0.05, 0) is 19.4 Å². The number of carbonyl (C=O) groups excluding carboxylic acids is 1. The summed E-state index contributed by atoms with van der Waals surface area (Å²) in [6.45, 7) is 8.55. The number of nitrogens with two attached hydrogens (primary N) is 1. The van der Waals surface area contributed by atoms with Crippen LogP contribution < -0.4 is 5.73 Å². The van der Waals surface area contributed by atoms with Gasteiger partial charge in [-0.15, -0.1) is 0 Å². The molecule has 0 heterocycles. The summed E-state index contributed by atoms with van der Waals surface area (Å²) in [7, 11) is 0. The molecular weight excluding hydrogens is 154 g/mol. The first-order valence-corrected chi connectivity index (χ1v) is 4.22. The van der Waals surface area contributed by atoms with E-state index in [0.29, 0.717) is 6.61 Å². The van der Waals surface area contributed by atoms with Crippen LogP contribution in [0.1, 0.15) is 26.7 Å². The van der Waals surface area contributed by atoms with Gasteiger partial charge in [0, 0.05) is 6.08 Å². The summed E-state index contributed by atoms with van der Waals surface area (Å²) in [5, 5.41) is 0. The van der Waals surface area contributed by atoms with Crippen molar-refractivity contribution in [3.8, 4) is 0 Å². The molecule has 0 aliphatic carbocycles. The third-order valence-electron chi connectivity index (χ3n) is 0.904. The maximum atomic E-state index is 10.2. The molecule has 0 rings (SSSR count). The van der Waals surface area contributed by atoms with E-state index in [-0.39, 0.29) is 5.97 Å². The van der Waals surface area contributed by atoms with Crippen molar-refractivity contribution in [1.82, 2.24) is 0 Å². The van der Waals surface area contributed by atoms with Gasteiger partial charge in [0.05, 0.1) is 6.61 Å². The first kappa shape index (κ1) is 13.7. The number of carbonyl (C=O) groups is 1. The van der Waals surface area contributed by atoms with E-state index >= 15 is 0 Å². The van der Waals surface area contributed by atoms with Crippen molar-refractivity contribution in [3.63, 3.8) is 0 Å². The highest BCUT2D eigenvalue weighted by Gasteiger charge is 1.89. The second-order valence-corrected chi connectivity index (χ2v) is 2.16. The summed E-state index contributed by atoms with van der Waals surface area (Å²) in [4.78, 5) is 10.2. The molecule has 0 aromatic carbocycles. The first-order valence-electron chi connectivity index (χ1n) is 4.22. The van der Waals surface area contributed by atoms with Crippen LogP contribution in [-0.2, 0) is 9.53 Å². The third-order valence-corrected chi connectivity index (χ3v) is 0.904. The minimum atomic E-state index is -0.341. The Balaban J connectivity index is 0. The molecule has 0 saturated carbocycles. The zero-order valence-corrected chi connectivity index (χ0v) is 8.01. The van der Waals surface area contributed by atoms with Crippen molar-refractivity contribution in [1.29, 1.82) is 0 Å². The van der Waals surface area contributed by atoms with Gasteiger partial charge in [-0.3, -0.25) is 0 Å². The van der Waals surface area contributed by atoms with Crippen LogP contribution in [0, 0.1) is 0 Å². The predicted octanol–water partition coefficient (Wildman–Crippen LogP) is 1.48. The highest BCUT2D eigenvalue weighted by atomic mass is 16.5. The van der Waals surface area contributed by atoms with Crippen molar-refractivity contribution >= 4 is 5.97 Å². The zero-order valence-electron chi connectivity index (χ0n) is 8.01. The number of rotatable bonds is 4. The number of ether oxygens (including phenoxy) is 1. The summed E-state index contributed by atoms with van der Waals surface area (Å²) in [5.41, 5.74) is 5.03. The van der Waals surface area contributed by atoms with Gasteiger partial charge in [0.15, 0.2) is 0 Å². The Morgan fingerprint density at radius 1 is 1.50 bits per heavy atom. The summed E-state index contributed by atoms with van der Waals surface area (Å²) < 4.78 is 4.58. The third kappa shape index (κ3) is 16.1. The Bertz CT molecular complexity index is 111. The largest absolute Gasteiger partial charge is 0.463 e. The lowest BCUT2D eigenvalue weighted by Crippen LogP contribution is -1.99. The second kappa shape index (κ2) is 12.8. The quantitative estimate of drug-likeness (QED) is 0.517. The van der Waals surface area contributed by atoms with Gasteiger partial charge in [-0.25, -0.2) is 4.79 Å². The summed E-state index contributed by atoms with van der Waals surface area (Å²) in [6.07, 6.45) is 3.12. The number of esters is 1. The van der Waals surface area contributed by atoms with Crippen LogP contribution in [0.3, 0.4) is 0 Å². The maximum absolute atomic E-state index is 10.2. The highest BCUT2D eigenvalue weighted by molar-refractivity contribution is 5.81. The normalized spacial score (nSPS) is 7.92. The van der Waals surface area contributed by atoms with Crippen molar-refractivity contribution in [2.75, 3.05) is 13.2 Å². The highest BCUT2D eigenvalue weighted by Crippen LogP contribution is 1.81. The van der Waals surface area contributed by atoms with E-state index in [1.165, 1.54) is 0 Å². The molecule has 0 fully saturated rings. The number of hydrogen-bond donors (Lipinski definition) is 1. The van der Waals surface area contributed by atoms with Crippen molar-refractivity contribution in [3.05, 3.63) is 12.7 Å². The average Bonchev–Trinajstić information content (AvgIpc) is 2.14. The van der Waals surface area contributed by atoms with E-state index in [1.807, 2.05) is 6.92 Å². The lowest BCUT2D eigenvalue weighted by Gasteiger charge is -1.94. The van der Waals surface area contributed by atoms with Gasteiger partial charge in [0.2, 0.25) is 0 Å². The molecule has 0 saturated heterocycles. The van der Waals surface area contributed by atoms with E-state index in [4.69, 9.17) is 5.73 Å². The molecule has 3 heteroatoms. The molecule has 0 atom stereocenters. The molecular formula is C9H19NO2. The summed E-state index contributed by atoms with van der Waals surface area (Å²) >= 11 is 0. The minimum Gasteiger partial charge on any atom is -0.463 e. The number of hydrogen-bond acceptors (Lipinski definition) is 3. The monoisotopic (exact) mass is 173 g/mol. The lowest BCUT2D eigenvalue weighted by atomic mass is 10.5. The SMILES string of the molecule is C=CC(=O)OCCC.CCCN. The van der Waals surface area contributed by atoms with Gasteiger partial charge < -0.3 is 10.5 Å². The molecule has 72 valence electrons. The van der Waals surface area contributed by atoms with Crippen LogP contribution in [0.2, 0.25) is 0 Å². The van der Waals surface area contributed by atoms with E-state index in [0.717, 1.165) is 25.5 Å². The van der Waals surface area contributed by atoms with E-state index in [2.05, 4.69) is 18.2 Å². The Morgan fingerprint density at radius 2 is 2.00 bits per heavy atom. The van der Waals surface area contributed by atoms with Crippen LogP contribution >= 0.6 is 0 Å². The first-order chi connectivity index (χ1) is 5.72. The molecule has 0 unspecified atom stereocenters. The van der Waals surface area contributed by atoms with Crippen LogP contribution in [0.25, 0.3) is 0 Å². The van der Waals surface area contributed by atoms with Gasteiger partial charge >= 0.3 is 5.97 Å². The Labute approximate surface area is 74.6 Å². The predicted molar refractivity (Wildman–Crippen MR) is 50.8 cm³/mol. The standard InChI is InChI=1S/C6H10O2.C3H9N/c1-3-5-8-6(7)4-2;1-2-3-4/h4H,2-3,5H2,1H3;2-4H2,1H3. The molecule has 0 spiro atoms. The van der Waals surface area contributed by atoms with Gasteiger partial charge in [0.25, 0.3) is 0 Å². The van der Waals surface area contributed by atoms with Crippen LogP contribution in [0.5, 0.6) is 0 Å². The molecule has 3 nitrogen and oxygen atoms in total. The van der Waals surface area contributed by atoms with Gasteiger partial charge in [-0.1, -0.05) is 20.4 Å². The van der Waals surface area contributed by atoms with Crippen molar-refractivity contribution < 1.29 is 9.53 Å². The average molecular weight is 173 g/mol. The Hall–Kier alpha value is -0.830. The van der Waals surface area contributed by atoms with Crippen LogP contribution in [0.4, 0.5) is 0 Å². The molecule has 0 radical (unpaired) electrons. The molecule has 12 heavy (non-hydrogen) atoms. The van der Waals surface area contributed by atoms with Crippen molar-refractivity contribution in [2.45, 2.75) is 26.7 Å². The lowest BCUT2D eigenvalue weighted by molar-refractivity contribution is -0.137. The molecule has 2 N–H and O–H groups in total.